The molecule has 3 rings (SSSR count). The third-order valence-electron chi connectivity index (χ3n) is 4.18. The summed E-state index contributed by atoms with van der Waals surface area (Å²) in [5, 5.41) is 6.05. The lowest BCUT2D eigenvalue weighted by atomic mass is 10.1. The van der Waals surface area contributed by atoms with E-state index in [2.05, 4.69) is 15.6 Å². The molecular formula is C22H21N3O3. The first-order valence-electron chi connectivity index (χ1n) is 8.80. The summed E-state index contributed by atoms with van der Waals surface area (Å²) in [7, 11) is 1.63. The average molecular weight is 375 g/mol. The Bertz CT molecular complexity index is 984. The number of hydrogen-bond donors (Lipinski definition) is 2. The molecule has 0 aliphatic carbocycles. The van der Waals surface area contributed by atoms with E-state index in [0.717, 1.165) is 17.0 Å². The quantitative estimate of drug-likeness (QED) is 0.606. The zero-order chi connectivity index (χ0) is 19.9. The summed E-state index contributed by atoms with van der Waals surface area (Å²) in [6.07, 6.45) is 1.58. The van der Waals surface area contributed by atoms with Gasteiger partial charge in [0.05, 0.1) is 7.11 Å². The zero-order valence-electron chi connectivity index (χ0n) is 15.7. The van der Waals surface area contributed by atoms with Crippen LogP contribution in [0.2, 0.25) is 0 Å². The summed E-state index contributed by atoms with van der Waals surface area (Å²) in [5.41, 5.74) is 3.25. The number of hydrogen-bond acceptors (Lipinski definition) is 5. The molecule has 0 radical (unpaired) electrons. The summed E-state index contributed by atoms with van der Waals surface area (Å²) >= 11 is 0. The van der Waals surface area contributed by atoms with Crippen LogP contribution in [0.15, 0.2) is 66.9 Å². The van der Waals surface area contributed by atoms with E-state index in [1.165, 1.54) is 6.92 Å². The molecule has 6 heteroatoms. The fraction of sp³-hybridized carbons (Fsp3) is 0.136. The molecule has 0 bridgehead atoms. The monoisotopic (exact) mass is 375 g/mol. The number of amides is 1. The van der Waals surface area contributed by atoms with Crippen molar-refractivity contribution in [2.45, 2.75) is 13.5 Å². The highest BCUT2D eigenvalue weighted by Gasteiger charge is 2.10. The van der Waals surface area contributed by atoms with Crippen LogP contribution in [0.4, 0.5) is 11.4 Å². The number of aromatic nitrogens is 1. The second-order valence-corrected chi connectivity index (χ2v) is 6.22. The first-order valence-corrected chi connectivity index (χ1v) is 8.80. The van der Waals surface area contributed by atoms with Gasteiger partial charge in [0.1, 0.15) is 11.4 Å². The SMILES string of the molecule is COc1ccc(CNc2ccnc(C(=O)Nc3cccc(C(C)=O)c3)c2)cc1. The molecule has 1 aromatic heterocycles. The van der Waals surface area contributed by atoms with Crippen molar-refractivity contribution in [3.63, 3.8) is 0 Å². The molecule has 0 aliphatic rings. The Hall–Kier alpha value is -3.67. The Morgan fingerprint density at radius 1 is 1.00 bits per heavy atom. The van der Waals surface area contributed by atoms with Crippen molar-refractivity contribution in [1.29, 1.82) is 0 Å². The van der Waals surface area contributed by atoms with Gasteiger partial charge in [-0.05, 0) is 48.9 Å². The minimum Gasteiger partial charge on any atom is -0.497 e. The van der Waals surface area contributed by atoms with Crippen LogP contribution in [0.25, 0.3) is 0 Å². The predicted molar refractivity (Wildman–Crippen MR) is 109 cm³/mol. The second-order valence-electron chi connectivity index (χ2n) is 6.22. The van der Waals surface area contributed by atoms with Gasteiger partial charge in [0, 0.05) is 29.7 Å². The number of pyridine rings is 1. The highest BCUT2D eigenvalue weighted by Crippen LogP contribution is 2.16. The van der Waals surface area contributed by atoms with Crippen LogP contribution in [0.1, 0.15) is 33.3 Å². The van der Waals surface area contributed by atoms with Crippen molar-refractivity contribution >= 4 is 23.1 Å². The molecule has 0 atom stereocenters. The van der Waals surface area contributed by atoms with Crippen molar-refractivity contribution < 1.29 is 14.3 Å². The Kier molecular flexibility index (Phi) is 6.01. The number of nitrogens with zero attached hydrogens (tertiary/aromatic N) is 1. The highest BCUT2D eigenvalue weighted by atomic mass is 16.5. The first-order chi connectivity index (χ1) is 13.5. The van der Waals surface area contributed by atoms with Crippen LogP contribution in [0.5, 0.6) is 5.75 Å². The lowest BCUT2D eigenvalue weighted by Crippen LogP contribution is -2.14. The number of carbonyl (C=O) groups excluding carboxylic acids is 2. The summed E-state index contributed by atoms with van der Waals surface area (Å²) in [5.74, 6) is 0.410. The van der Waals surface area contributed by atoms with E-state index in [1.54, 1.807) is 49.7 Å². The molecule has 3 aromatic rings. The molecule has 0 aliphatic heterocycles. The van der Waals surface area contributed by atoms with E-state index in [0.29, 0.717) is 17.8 Å². The number of rotatable bonds is 7. The standard InChI is InChI=1S/C22H21N3O3/c1-15(26)17-4-3-5-19(12-17)25-22(27)21-13-18(10-11-23-21)24-14-16-6-8-20(28-2)9-7-16/h3-13H,14H2,1-2H3,(H,23,24)(H,25,27). The number of Topliss-reactive ketones (excluding diaryl/α,β-unsaturated/α-hetero) is 1. The van der Waals surface area contributed by atoms with Crippen LogP contribution in [-0.4, -0.2) is 23.8 Å². The molecule has 2 N–H and O–H groups in total. The van der Waals surface area contributed by atoms with Gasteiger partial charge in [-0.25, -0.2) is 0 Å². The summed E-state index contributed by atoms with van der Waals surface area (Å²) in [6.45, 7) is 2.09. The largest absolute Gasteiger partial charge is 0.497 e. The van der Waals surface area contributed by atoms with Gasteiger partial charge in [-0.3, -0.25) is 14.6 Å². The zero-order valence-corrected chi connectivity index (χ0v) is 15.7. The maximum atomic E-state index is 12.5. The molecule has 2 aromatic carbocycles. The van der Waals surface area contributed by atoms with Crippen molar-refractivity contribution in [1.82, 2.24) is 4.98 Å². The van der Waals surface area contributed by atoms with Crippen LogP contribution in [0.3, 0.4) is 0 Å². The molecule has 1 heterocycles. The first kappa shape index (κ1) is 19.1. The van der Waals surface area contributed by atoms with Gasteiger partial charge in [0.25, 0.3) is 5.91 Å². The fourth-order valence-corrected chi connectivity index (χ4v) is 2.62. The minimum absolute atomic E-state index is 0.0565. The molecule has 0 fully saturated rings. The normalized spacial score (nSPS) is 10.2. The van der Waals surface area contributed by atoms with Crippen LogP contribution < -0.4 is 15.4 Å². The van der Waals surface area contributed by atoms with Crippen LogP contribution in [0, 0.1) is 0 Å². The van der Waals surface area contributed by atoms with E-state index in [-0.39, 0.29) is 17.4 Å². The van der Waals surface area contributed by atoms with Crippen molar-refractivity contribution in [3.05, 3.63) is 83.7 Å². The van der Waals surface area contributed by atoms with E-state index in [9.17, 15) is 9.59 Å². The number of ether oxygens (including phenoxy) is 1. The number of anilines is 2. The highest BCUT2D eigenvalue weighted by molar-refractivity contribution is 6.04. The topological polar surface area (TPSA) is 80.3 Å². The van der Waals surface area contributed by atoms with E-state index in [4.69, 9.17) is 4.74 Å². The van der Waals surface area contributed by atoms with Crippen molar-refractivity contribution in [3.8, 4) is 5.75 Å². The number of carbonyl (C=O) groups is 2. The van der Waals surface area contributed by atoms with Gasteiger partial charge in [0.2, 0.25) is 0 Å². The van der Waals surface area contributed by atoms with Gasteiger partial charge < -0.3 is 15.4 Å². The van der Waals surface area contributed by atoms with Gasteiger partial charge in [-0.1, -0.05) is 24.3 Å². The summed E-state index contributed by atoms with van der Waals surface area (Å²) in [6, 6.07) is 18.1. The Balaban J connectivity index is 1.65. The molecule has 28 heavy (non-hydrogen) atoms. The molecule has 0 saturated heterocycles. The smallest absolute Gasteiger partial charge is 0.274 e. The maximum Gasteiger partial charge on any atom is 0.274 e. The number of nitrogens with one attached hydrogen (secondary N) is 2. The van der Waals surface area contributed by atoms with Crippen molar-refractivity contribution in [2.75, 3.05) is 17.7 Å². The van der Waals surface area contributed by atoms with Crippen LogP contribution >= 0.6 is 0 Å². The predicted octanol–water partition coefficient (Wildman–Crippen LogP) is 4.16. The third kappa shape index (κ3) is 4.94. The molecule has 0 spiro atoms. The van der Waals surface area contributed by atoms with Gasteiger partial charge in [-0.2, -0.15) is 0 Å². The number of benzene rings is 2. The van der Waals surface area contributed by atoms with E-state index < -0.39 is 0 Å². The molecular weight excluding hydrogens is 354 g/mol. The van der Waals surface area contributed by atoms with Gasteiger partial charge in [0.15, 0.2) is 5.78 Å². The average Bonchev–Trinajstić information content (AvgIpc) is 2.73. The molecule has 142 valence electrons. The van der Waals surface area contributed by atoms with Gasteiger partial charge in [-0.15, -0.1) is 0 Å². The van der Waals surface area contributed by atoms with Crippen LogP contribution in [-0.2, 0) is 6.54 Å². The fourth-order valence-electron chi connectivity index (χ4n) is 2.62. The van der Waals surface area contributed by atoms with E-state index >= 15 is 0 Å². The molecule has 0 unspecified atom stereocenters. The Labute approximate surface area is 163 Å². The molecule has 1 amide bonds. The number of methoxy groups -OCH3 is 1. The third-order valence-corrected chi connectivity index (χ3v) is 4.18. The molecule has 0 saturated carbocycles. The summed E-state index contributed by atoms with van der Waals surface area (Å²) < 4.78 is 5.15. The summed E-state index contributed by atoms with van der Waals surface area (Å²) in [4.78, 5) is 28.1. The number of ketones is 1. The minimum atomic E-state index is -0.339. The molecule has 6 nitrogen and oxygen atoms in total. The van der Waals surface area contributed by atoms with E-state index in [1.807, 2.05) is 24.3 Å². The Morgan fingerprint density at radius 3 is 2.50 bits per heavy atom. The Morgan fingerprint density at radius 2 is 1.79 bits per heavy atom. The van der Waals surface area contributed by atoms with Gasteiger partial charge >= 0.3 is 0 Å². The maximum absolute atomic E-state index is 12.5. The lowest BCUT2D eigenvalue weighted by molar-refractivity contribution is 0.100. The second kappa shape index (κ2) is 8.81. The van der Waals surface area contributed by atoms with Crippen molar-refractivity contribution in [2.24, 2.45) is 0 Å². The lowest BCUT2D eigenvalue weighted by Gasteiger charge is -2.09.